The summed E-state index contributed by atoms with van der Waals surface area (Å²) >= 11 is 0. The van der Waals surface area contributed by atoms with Crippen LogP contribution in [0.4, 0.5) is 13.2 Å². The molecule has 0 aliphatic rings. The van der Waals surface area contributed by atoms with Crippen LogP contribution in [-0.4, -0.2) is 20.3 Å². The van der Waals surface area contributed by atoms with Crippen molar-refractivity contribution >= 4 is 10.0 Å². The number of nitrogens with two attached hydrogens (primary N) is 1. The summed E-state index contributed by atoms with van der Waals surface area (Å²) in [6.07, 6.45) is -5.28. The molecule has 3 nitrogen and oxygen atoms in total. The fourth-order valence-electron chi connectivity index (χ4n) is 0.977. The van der Waals surface area contributed by atoms with Crippen molar-refractivity contribution in [2.45, 2.75) is 25.9 Å². The molecular weight excluding hydrogens is 207 g/mol. The van der Waals surface area contributed by atoms with E-state index in [-0.39, 0.29) is 6.42 Å². The zero-order chi connectivity index (χ0) is 10.7. The number of rotatable bonds is 4. The average Bonchev–Trinajstić information content (AvgIpc) is 1.79. The second kappa shape index (κ2) is 4.28. The molecule has 0 fully saturated rings. The summed E-state index contributed by atoms with van der Waals surface area (Å²) in [5, 5.41) is 4.64. The summed E-state index contributed by atoms with van der Waals surface area (Å²) in [6.45, 7) is 1.50. The van der Waals surface area contributed by atoms with Crippen molar-refractivity contribution in [3.63, 3.8) is 0 Å². The quantitative estimate of drug-likeness (QED) is 0.773. The highest BCUT2D eigenvalue weighted by molar-refractivity contribution is 7.89. The predicted octanol–water partition coefficient (Wildman–Crippen LogP) is 1.25. The molecule has 0 heterocycles. The standard InChI is InChI=1S/C6H12F3NO2S/c1-2-5(3-6(7,8)9)4-13(10,11)12/h5H,2-4H2,1H3,(H2,10,11,12). The first-order valence-corrected chi connectivity index (χ1v) is 5.43. The van der Waals surface area contributed by atoms with E-state index >= 15 is 0 Å². The number of hydrogen-bond donors (Lipinski definition) is 1. The number of primary sulfonamides is 1. The maximum Gasteiger partial charge on any atom is 0.389 e. The van der Waals surface area contributed by atoms with Gasteiger partial charge in [-0.2, -0.15) is 13.2 Å². The first kappa shape index (κ1) is 12.7. The molecule has 13 heavy (non-hydrogen) atoms. The molecule has 80 valence electrons. The third-order valence-corrected chi connectivity index (χ3v) is 2.50. The van der Waals surface area contributed by atoms with Gasteiger partial charge in [-0.25, -0.2) is 13.6 Å². The Kier molecular flexibility index (Phi) is 4.18. The molecule has 0 aliphatic heterocycles. The van der Waals surface area contributed by atoms with Gasteiger partial charge in [0.25, 0.3) is 0 Å². The predicted molar refractivity (Wildman–Crippen MR) is 42.4 cm³/mol. The topological polar surface area (TPSA) is 60.2 Å². The van der Waals surface area contributed by atoms with Gasteiger partial charge in [0.1, 0.15) is 0 Å². The maximum atomic E-state index is 11.8. The molecule has 0 bridgehead atoms. The van der Waals surface area contributed by atoms with E-state index in [0.717, 1.165) is 0 Å². The summed E-state index contributed by atoms with van der Waals surface area (Å²) in [5.74, 6) is -1.54. The Balaban J connectivity index is 4.22. The van der Waals surface area contributed by atoms with Gasteiger partial charge >= 0.3 is 6.18 Å². The van der Waals surface area contributed by atoms with Gasteiger partial charge in [0.15, 0.2) is 0 Å². The number of hydrogen-bond acceptors (Lipinski definition) is 2. The van der Waals surface area contributed by atoms with Crippen LogP contribution in [0.1, 0.15) is 19.8 Å². The van der Waals surface area contributed by atoms with Crippen molar-refractivity contribution in [2.24, 2.45) is 11.1 Å². The lowest BCUT2D eigenvalue weighted by molar-refractivity contribution is -0.143. The molecule has 0 aliphatic carbocycles. The smallest absolute Gasteiger partial charge is 0.229 e. The summed E-state index contributed by atoms with van der Waals surface area (Å²) in [6, 6.07) is 0. The minimum atomic E-state index is -4.33. The molecular formula is C6H12F3NO2S. The number of alkyl halides is 3. The largest absolute Gasteiger partial charge is 0.389 e. The highest BCUT2D eigenvalue weighted by Crippen LogP contribution is 2.26. The van der Waals surface area contributed by atoms with Crippen LogP contribution in [0.2, 0.25) is 0 Å². The monoisotopic (exact) mass is 219 g/mol. The summed E-state index contributed by atoms with van der Waals surface area (Å²) < 4.78 is 56.5. The van der Waals surface area contributed by atoms with Crippen LogP contribution >= 0.6 is 0 Å². The van der Waals surface area contributed by atoms with Crippen LogP contribution in [0, 0.1) is 5.92 Å². The lowest BCUT2D eigenvalue weighted by atomic mass is 10.1. The molecule has 7 heteroatoms. The van der Waals surface area contributed by atoms with Crippen LogP contribution < -0.4 is 5.14 Å². The maximum absolute atomic E-state index is 11.8. The molecule has 0 aromatic heterocycles. The Morgan fingerprint density at radius 2 is 1.85 bits per heavy atom. The SMILES string of the molecule is CCC(CC(F)(F)F)CS(N)(=O)=O. The minimum absolute atomic E-state index is 0.149. The fraction of sp³-hybridized carbons (Fsp3) is 1.00. The molecule has 0 spiro atoms. The van der Waals surface area contributed by atoms with Crippen LogP contribution in [0.3, 0.4) is 0 Å². The fourth-order valence-corrected chi connectivity index (χ4v) is 1.99. The van der Waals surface area contributed by atoms with E-state index in [9.17, 15) is 21.6 Å². The Morgan fingerprint density at radius 1 is 1.38 bits per heavy atom. The van der Waals surface area contributed by atoms with Gasteiger partial charge < -0.3 is 0 Å². The second-order valence-corrected chi connectivity index (χ2v) is 4.58. The third-order valence-electron chi connectivity index (χ3n) is 1.57. The van der Waals surface area contributed by atoms with E-state index < -0.39 is 34.3 Å². The Hall–Kier alpha value is -0.300. The zero-order valence-electron chi connectivity index (χ0n) is 7.13. The van der Waals surface area contributed by atoms with E-state index in [4.69, 9.17) is 0 Å². The first-order valence-electron chi connectivity index (χ1n) is 3.71. The molecule has 0 saturated carbocycles. The van der Waals surface area contributed by atoms with Gasteiger partial charge in [-0.05, 0) is 5.92 Å². The van der Waals surface area contributed by atoms with Crippen molar-refractivity contribution < 1.29 is 21.6 Å². The number of halogens is 3. The highest BCUT2D eigenvalue weighted by atomic mass is 32.2. The minimum Gasteiger partial charge on any atom is -0.229 e. The second-order valence-electron chi connectivity index (χ2n) is 2.92. The van der Waals surface area contributed by atoms with Gasteiger partial charge in [0.2, 0.25) is 10.0 Å². The van der Waals surface area contributed by atoms with Crippen molar-refractivity contribution in [1.29, 1.82) is 0 Å². The lowest BCUT2D eigenvalue weighted by Crippen LogP contribution is -2.26. The molecule has 0 saturated heterocycles. The normalized spacial score (nSPS) is 15.8. The molecule has 1 atom stereocenters. The van der Waals surface area contributed by atoms with Gasteiger partial charge in [-0.15, -0.1) is 0 Å². The zero-order valence-corrected chi connectivity index (χ0v) is 7.95. The van der Waals surface area contributed by atoms with E-state index in [2.05, 4.69) is 5.14 Å². The molecule has 2 N–H and O–H groups in total. The molecule has 1 unspecified atom stereocenters. The van der Waals surface area contributed by atoms with Crippen LogP contribution in [0.5, 0.6) is 0 Å². The number of sulfonamides is 1. The van der Waals surface area contributed by atoms with Crippen LogP contribution in [-0.2, 0) is 10.0 Å². The van der Waals surface area contributed by atoms with Crippen LogP contribution in [0.15, 0.2) is 0 Å². The van der Waals surface area contributed by atoms with Crippen molar-refractivity contribution in [3.8, 4) is 0 Å². The van der Waals surface area contributed by atoms with Gasteiger partial charge in [-0.1, -0.05) is 13.3 Å². The van der Waals surface area contributed by atoms with E-state index in [1.54, 1.807) is 0 Å². The van der Waals surface area contributed by atoms with Gasteiger partial charge in [0, 0.05) is 6.42 Å². The van der Waals surface area contributed by atoms with E-state index in [1.165, 1.54) is 6.92 Å². The molecule has 0 amide bonds. The lowest BCUT2D eigenvalue weighted by Gasteiger charge is -2.15. The summed E-state index contributed by atoms with van der Waals surface area (Å²) in [4.78, 5) is 0. The summed E-state index contributed by atoms with van der Waals surface area (Å²) in [5.41, 5.74) is 0. The highest BCUT2D eigenvalue weighted by Gasteiger charge is 2.32. The Bertz CT molecular complexity index is 247. The Morgan fingerprint density at radius 3 is 2.08 bits per heavy atom. The van der Waals surface area contributed by atoms with Crippen molar-refractivity contribution in [2.75, 3.05) is 5.75 Å². The van der Waals surface area contributed by atoms with Crippen LogP contribution in [0.25, 0.3) is 0 Å². The third kappa shape index (κ3) is 8.04. The van der Waals surface area contributed by atoms with E-state index in [0.29, 0.717) is 0 Å². The average molecular weight is 219 g/mol. The van der Waals surface area contributed by atoms with Crippen molar-refractivity contribution in [1.82, 2.24) is 0 Å². The molecule has 0 rings (SSSR count). The van der Waals surface area contributed by atoms with Gasteiger partial charge in [-0.3, -0.25) is 0 Å². The van der Waals surface area contributed by atoms with Crippen molar-refractivity contribution in [3.05, 3.63) is 0 Å². The molecule has 0 aromatic carbocycles. The molecule has 0 radical (unpaired) electrons. The summed E-state index contributed by atoms with van der Waals surface area (Å²) in [7, 11) is -3.81. The van der Waals surface area contributed by atoms with Gasteiger partial charge in [0.05, 0.1) is 5.75 Å². The first-order chi connectivity index (χ1) is 5.64. The Labute approximate surface area is 75.2 Å². The molecule has 0 aromatic rings. The van der Waals surface area contributed by atoms with E-state index in [1.807, 2.05) is 0 Å².